The van der Waals surface area contributed by atoms with E-state index in [2.05, 4.69) is 107 Å². The van der Waals surface area contributed by atoms with Gasteiger partial charge in [0.2, 0.25) is 0 Å². The van der Waals surface area contributed by atoms with Crippen LogP contribution < -0.4 is 0 Å². The van der Waals surface area contributed by atoms with Gasteiger partial charge in [-0.2, -0.15) is 0 Å². The molecule has 4 aromatic carbocycles. The van der Waals surface area contributed by atoms with Crippen molar-refractivity contribution in [2.24, 2.45) is 0 Å². The molecule has 3 aromatic heterocycles. The molecule has 0 spiro atoms. The van der Waals surface area contributed by atoms with E-state index in [0.29, 0.717) is 0 Å². The molecule has 7 rings (SSSR count). The third-order valence-corrected chi connectivity index (χ3v) is 7.31. The zero-order valence-corrected chi connectivity index (χ0v) is 26.6. The van der Waals surface area contributed by atoms with Gasteiger partial charge in [-0.1, -0.05) is 56.1 Å². The summed E-state index contributed by atoms with van der Waals surface area (Å²) in [6, 6.07) is 45.1. The molecule has 3 nitrogen and oxygen atoms in total. The van der Waals surface area contributed by atoms with Crippen molar-refractivity contribution in [2.75, 3.05) is 0 Å². The van der Waals surface area contributed by atoms with E-state index in [4.69, 9.17) is 0 Å². The van der Waals surface area contributed by atoms with Crippen molar-refractivity contribution >= 4 is 53.7 Å². The molecule has 7 aromatic rings. The Morgan fingerprint density at radius 2 is 1.12 bits per heavy atom. The molecular formula is C34H21Br2IrN3-2. The summed E-state index contributed by atoms with van der Waals surface area (Å²) >= 11 is 7.22. The van der Waals surface area contributed by atoms with Gasteiger partial charge in [0.25, 0.3) is 0 Å². The summed E-state index contributed by atoms with van der Waals surface area (Å²) in [6.45, 7) is 0. The largest absolute Gasteiger partial charge is 0.327 e. The third kappa shape index (κ3) is 6.01. The smallest absolute Gasteiger partial charge is 0.0524 e. The number of fused-ring (bicyclic) bond motifs is 3. The van der Waals surface area contributed by atoms with E-state index in [9.17, 15) is 0 Å². The van der Waals surface area contributed by atoms with Gasteiger partial charge < -0.3 is 14.5 Å². The maximum atomic E-state index is 4.47. The van der Waals surface area contributed by atoms with Crippen LogP contribution >= 0.6 is 31.9 Å². The van der Waals surface area contributed by atoms with Gasteiger partial charge in [-0.15, -0.1) is 65.7 Å². The van der Waals surface area contributed by atoms with Crippen LogP contribution in [-0.2, 0) is 20.1 Å². The van der Waals surface area contributed by atoms with Gasteiger partial charge in [0.05, 0.1) is 11.0 Å². The Bertz CT molecular complexity index is 1780. The first-order valence-electron chi connectivity index (χ1n) is 12.4. The van der Waals surface area contributed by atoms with Crippen LogP contribution in [0.1, 0.15) is 0 Å². The summed E-state index contributed by atoms with van der Waals surface area (Å²) in [5, 5.41) is 2.43. The number of pyridine rings is 2. The molecule has 0 aliphatic carbocycles. The SMILES string of the molecule is Brc1ccc2c(c1)c1cc(Br)ccc1n2-c1cc[c-]c(-c2ccccn2)c1.[Ir].[c-]1ccccc1-c1ccccn1. The van der Waals surface area contributed by atoms with Crippen LogP contribution in [0, 0.1) is 12.1 Å². The zero-order chi connectivity index (χ0) is 26.6. The van der Waals surface area contributed by atoms with Gasteiger partial charge in [-0.05, 0) is 65.6 Å². The van der Waals surface area contributed by atoms with E-state index in [0.717, 1.165) is 37.1 Å². The molecule has 0 N–H and O–H groups in total. The first-order chi connectivity index (χ1) is 19.2. The number of hydrogen-bond donors (Lipinski definition) is 0. The van der Waals surface area contributed by atoms with Crippen molar-refractivity contribution in [3.8, 4) is 28.2 Å². The van der Waals surface area contributed by atoms with Gasteiger partial charge in [0.15, 0.2) is 0 Å². The van der Waals surface area contributed by atoms with E-state index in [1.54, 1.807) is 6.20 Å². The van der Waals surface area contributed by atoms with Crippen molar-refractivity contribution in [2.45, 2.75) is 0 Å². The molecule has 0 bridgehead atoms. The fraction of sp³-hybridized carbons (Fsp3) is 0. The molecule has 6 heteroatoms. The minimum atomic E-state index is 0. The van der Waals surface area contributed by atoms with Gasteiger partial charge in [0, 0.05) is 52.2 Å². The second kappa shape index (κ2) is 12.8. The second-order valence-electron chi connectivity index (χ2n) is 8.83. The van der Waals surface area contributed by atoms with Gasteiger partial charge >= 0.3 is 0 Å². The average molecular weight is 824 g/mol. The molecule has 0 fully saturated rings. The number of hydrogen-bond acceptors (Lipinski definition) is 2. The van der Waals surface area contributed by atoms with Crippen LogP contribution in [0.2, 0.25) is 0 Å². The number of nitrogens with zero attached hydrogens (tertiary/aromatic N) is 3. The normalized spacial score (nSPS) is 10.6. The van der Waals surface area contributed by atoms with E-state index in [1.165, 1.54) is 21.8 Å². The molecule has 3 heterocycles. The fourth-order valence-corrected chi connectivity index (χ4v) is 5.31. The summed E-state index contributed by atoms with van der Waals surface area (Å²) in [5.41, 5.74) is 7.35. The summed E-state index contributed by atoms with van der Waals surface area (Å²) in [4.78, 5) is 8.68. The van der Waals surface area contributed by atoms with Crippen LogP contribution in [0.4, 0.5) is 0 Å². The summed E-state index contributed by atoms with van der Waals surface area (Å²) in [7, 11) is 0. The van der Waals surface area contributed by atoms with Crippen molar-refractivity contribution in [1.29, 1.82) is 0 Å². The zero-order valence-electron chi connectivity index (χ0n) is 21.1. The maximum absolute atomic E-state index is 4.47. The third-order valence-electron chi connectivity index (χ3n) is 6.32. The van der Waals surface area contributed by atoms with Crippen LogP contribution in [0.25, 0.3) is 50.0 Å². The number of benzene rings is 4. The quantitative estimate of drug-likeness (QED) is 0.166. The number of aromatic nitrogens is 3. The molecule has 0 amide bonds. The molecule has 0 unspecified atom stereocenters. The Balaban J connectivity index is 0.000000209. The Hall–Kier alpha value is -3.41. The summed E-state index contributed by atoms with van der Waals surface area (Å²) < 4.78 is 4.44. The summed E-state index contributed by atoms with van der Waals surface area (Å²) in [5.74, 6) is 0. The van der Waals surface area contributed by atoms with Crippen LogP contribution in [0.5, 0.6) is 0 Å². The van der Waals surface area contributed by atoms with Gasteiger partial charge in [-0.3, -0.25) is 0 Å². The van der Waals surface area contributed by atoms with Crippen LogP contribution in [0.3, 0.4) is 0 Å². The van der Waals surface area contributed by atoms with Crippen molar-refractivity contribution in [3.05, 3.63) is 149 Å². The van der Waals surface area contributed by atoms with Crippen LogP contribution in [0.15, 0.2) is 137 Å². The Labute approximate surface area is 263 Å². The Kier molecular flexibility index (Phi) is 9.03. The van der Waals surface area contributed by atoms with E-state index in [1.807, 2.05) is 72.9 Å². The summed E-state index contributed by atoms with van der Waals surface area (Å²) in [6.07, 6.45) is 3.60. The van der Waals surface area contributed by atoms with E-state index < -0.39 is 0 Å². The topological polar surface area (TPSA) is 30.7 Å². The van der Waals surface area contributed by atoms with E-state index >= 15 is 0 Å². The Morgan fingerprint density at radius 3 is 1.68 bits per heavy atom. The molecule has 1 radical (unpaired) electrons. The number of halogens is 2. The minimum Gasteiger partial charge on any atom is -0.327 e. The number of rotatable bonds is 3. The molecular weight excluding hydrogens is 802 g/mol. The molecule has 197 valence electrons. The van der Waals surface area contributed by atoms with Crippen molar-refractivity contribution in [3.63, 3.8) is 0 Å². The van der Waals surface area contributed by atoms with Crippen LogP contribution in [-0.4, -0.2) is 14.5 Å². The van der Waals surface area contributed by atoms with Gasteiger partial charge in [0.1, 0.15) is 0 Å². The van der Waals surface area contributed by atoms with Gasteiger partial charge in [-0.25, -0.2) is 0 Å². The predicted molar refractivity (Wildman–Crippen MR) is 167 cm³/mol. The van der Waals surface area contributed by atoms with Crippen molar-refractivity contribution in [1.82, 2.24) is 14.5 Å². The fourth-order valence-electron chi connectivity index (χ4n) is 4.58. The monoisotopic (exact) mass is 822 g/mol. The molecule has 0 aliphatic rings. The Morgan fingerprint density at radius 1 is 0.550 bits per heavy atom. The predicted octanol–water partition coefficient (Wildman–Crippen LogP) is 9.72. The first-order valence-corrected chi connectivity index (χ1v) is 14.0. The first kappa shape index (κ1) is 28.1. The molecule has 0 saturated heterocycles. The van der Waals surface area contributed by atoms with Crippen molar-refractivity contribution < 1.29 is 20.1 Å². The average Bonchev–Trinajstić information content (AvgIpc) is 3.31. The van der Waals surface area contributed by atoms with E-state index in [-0.39, 0.29) is 20.1 Å². The maximum Gasteiger partial charge on any atom is 0.0524 e. The standard InChI is InChI=1S/C23H13Br2N2.C11H8N.Ir/c24-16-7-9-22-19(13-16)20-14-17(25)8-10-23(20)27(22)18-5-3-4-15(12-18)21-6-1-2-11-26-21;1-2-6-10(7-3-1)11-8-4-5-9-12-11;/h1-3,5-14H;1-6,8-9H;/q2*-1;. The second-order valence-corrected chi connectivity index (χ2v) is 10.7. The molecule has 0 atom stereocenters. The molecule has 0 saturated carbocycles. The molecule has 40 heavy (non-hydrogen) atoms. The molecule has 0 aliphatic heterocycles. The minimum absolute atomic E-state index is 0.